The summed E-state index contributed by atoms with van der Waals surface area (Å²) in [7, 11) is 0. The van der Waals surface area contributed by atoms with Crippen LogP contribution >= 0.6 is 22.6 Å². The summed E-state index contributed by atoms with van der Waals surface area (Å²) in [6.45, 7) is 0. The van der Waals surface area contributed by atoms with Gasteiger partial charge >= 0.3 is 0 Å². The Hall–Kier alpha value is -1.81. The molecule has 4 nitrogen and oxygen atoms in total. The Morgan fingerprint density at radius 1 is 1.41 bits per heavy atom. The number of hydrogen-bond acceptors (Lipinski definition) is 3. The molecule has 2 heterocycles. The van der Waals surface area contributed by atoms with Gasteiger partial charge in [0.2, 0.25) is 0 Å². The number of oxazole rings is 1. The van der Waals surface area contributed by atoms with Crippen LogP contribution in [0.25, 0.3) is 22.2 Å². The predicted octanol–water partition coefficient (Wildman–Crippen LogP) is 3.30. The largest absolute Gasteiger partial charge is 0.442 e. The first kappa shape index (κ1) is 10.4. The highest BCUT2D eigenvalue weighted by molar-refractivity contribution is 14.1. The van der Waals surface area contributed by atoms with Gasteiger partial charge in [0.05, 0.1) is 11.6 Å². The SMILES string of the molecule is N#Cc1ccc2[nH]cc(-c3ocnc3I)c2c1. The summed E-state index contributed by atoms with van der Waals surface area (Å²) in [5, 5.41) is 9.88. The molecule has 0 radical (unpaired) electrons. The molecule has 0 atom stereocenters. The summed E-state index contributed by atoms with van der Waals surface area (Å²) in [6, 6.07) is 7.66. The van der Waals surface area contributed by atoms with Crippen LogP contribution in [0.5, 0.6) is 0 Å². The Morgan fingerprint density at radius 3 is 3.00 bits per heavy atom. The number of fused-ring (bicyclic) bond motifs is 1. The highest BCUT2D eigenvalue weighted by atomic mass is 127. The van der Waals surface area contributed by atoms with Crippen LogP contribution < -0.4 is 0 Å². The third-order valence-electron chi connectivity index (χ3n) is 2.58. The van der Waals surface area contributed by atoms with Crippen molar-refractivity contribution in [2.24, 2.45) is 0 Å². The van der Waals surface area contributed by atoms with Gasteiger partial charge in [0, 0.05) is 22.7 Å². The van der Waals surface area contributed by atoms with Crippen LogP contribution in [-0.2, 0) is 0 Å². The molecule has 0 saturated heterocycles. The molecule has 0 bridgehead atoms. The Kier molecular flexibility index (Phi) is 2.37. The number of nitriles is 1. The number of halogens is 1. The van der Waals surface area contributed by atoms with Gasteiger partial charge in [0.25, 0.3) is 0 Å². The van der Waals surface area contributed by atoms with Gasteiger partial charge in [0.15, 0.2) is 12.2 Å². The Morgan fingerprint density at radius 2 is 2.29 bits per heavy atom. The molecule has 3 aromatic rings. The standard InChI is InChI=1S/C12H6IN3O/c13-12-11(17-6-16-12)9-5-15-10-2-1-7(4-14)3-8(9)10/h1-3,5-6,15H. The molecule has 1 N–H and O–H groups in total. The molecule has 82 valence electrons. The molecule has 5 heteroatoms. The average Bonchev–Trinajstić information content (AvgIpc) is 2.94. The lowest BCUT2D eigenvalue weighted by molar-refractivity contribution is 0.572. The van der Waals surface area contributed by atoms with Crippen molar-refractivity contribution in [2.75, 3.05) is 0 Å². The van der Waals surface area contributed by atoms with E-state index in [-0.39, 0.29) is 0 Å². The molecule has 3 rings (SSSR count). The van der Waals surface area contributed by atoms with E-state index in [2.05, 4.69) is 38.6 Å². The third-order valence-corrected chi connectivity index (χ3v) is 3.35. The van der Waals surface area contributed by atoms with E-state index >= 15 is 0 Å². The topological polar surface area (TPSA) is 65.6 Å². The van der Waals surface area contributed by atoms with Crippen LogP contribution in [0.4, 0.5) is 0 Å². The van der Waals surface area contributed by atoms with E-state index in [4.69, 9.17) is 9.68 Å². The van der Waals surface area contributed by atoms with Gasteiger partial charge in [-0.1, -0.05) is 0 Å². The van der Waals surface area contributed by atoms with Crippen LogP contribution in [0.15, 0.2) is 35.2 Å². The minimum atomic E-state index is 0.632. The molecule has 0 saturated carbocycles. The first-order valence-corrected chi connectivity index (χ1v) is 5.98. The fraction of sp³-hybridized carbons (Fsp3) is 0. The van der Waals surface area contributed by atoms with Gasteiger partial charge in [-0.15, -0.1) is 0 Å². The predicted molar refractivity (Wildman–Crippen MR) is 71.2 cm³/mol. The highest BCUT2D eigenvalue weighted by Crippen LogP contribution is 2.31. The van der Waals surface area contributed by atoms with Crippen molar-refractivity contribution in [2.45, 2.75) is 0 Å². The van der Waals surface area contributed by atoms with Crippen LogP contribution in [0, 0.1) is 15.0 Å². The Bertz CT molecular complexity index is 736. The number of H-pyrrole nitrogens is 1. The third kappa shape index (κ3) is 1.61. The molecule has 0 amide bonds. The zero-order chi connectivity index (χ0) is 11.8. The van der Waals surface area contributed by atoms with Crippen molar-refractivity contribution < 1.29 is 4.42 Å². The normalized spacial score (nSPS) is 10.6. The summed E-state index contributed by atoms with van der Waals surface area (Å²) in [6.07, 6.45) is 3.29. The molecule has 2 aromatic heterocycles. The summed E-state index contributed by atoms with van der Waals surface area (Å²) in [5.41, 5.74) is 2.54. The summed E-state index contributed by atoms with van der Waals surface area (Å²) in [4.78, 5) is 7.22. The van der Waals surface area contributed by atoms with Crippen molar-refractivity contribution >= 4 is 33.5 Å². The molecule has 1 aromatic carbocycles. The molecular weight excluding hydrogens is 329 g/mol. The van der Waals surface area contributed by atoms with Gasteiger partial charge in [-0.2, -0.15) is 5.26 Å². The van der Waals surface area contributed by atoms with Crippen LogP contribution in [0.2, 0.25) is 0 Å². The summed E-state index contributed by atoms with van der Waals surface area (Å²) in [5.74, 6) is 0.729. The van der Waals surface area contributed by atoms with Crippen molar-refractivity contribution in [1.82, 2.24) is 9.97 Å². The van der Waals surface area contributed by atoms with Gasteiger partial charge < -0.3 is 9.40 Å². The van der Waals surface area contributed by atoms with Gasteiger partial charge in [-0.05, 0) is 40.8 Å². The van der Waals surface area contributed by atoms with Gasteiger partial charge in [0.1, 0.15) is 3.70 Å². The quantitative estimate of drug-likeness (QED) is 0.694. The van der Waals surface area contributed by atoms with Crippen LogP contribution in [0.1, 0.15) is 5.56 Å². The van der Waals surface area contributed by atoms with Crippen LogP contribution in [-0.4, -0.2) is 9.97 Å². The highest BCUT2D eigenvalue weighted by Gasteiger charge is 2.13. The molecular formula is C12H6IN3O. The number of benzene rings is 1. The van der Waals surface area contributed by atoms with Crippen molar-refractivity contribution in [3.63, 3.8) is 0 Å². The summed E-state index contributed by atoms with van der Waals surface area (Å²) >= 11 is 2.12. The molecule has 0 fully saturated rings. The minimum absolute atomic E-state index is 0.632. The second-order valence-corrected chi connectivity index (χ2v) is 4.57. The van der Waals surface area contributed by atoms with Crippen LogP contribution in [0.3, 0.4) is 0 Å². The number of aromatic amines is 1. The maximum atomic E-state index is 8.91. The van der Waals surface area contributed by atoms with Crippen molar-refractivity contribution in [3.05, 3.63) is 40.1 Å². The minimum Gasteiger partial charge on any atom is -0.442 e. The second-order valence-electron chi connectivity index (χ2n) is 3.55. The van der Waals surface area contributed by atoms with E-state index in [0.29, 0.717) is 5.56 Å². The maximum Gasteiger partial charge on any atom is 0.182 e. The lowest BCUT2D eigenvalue weighted by Gasteiger charge is -1.95. The fourth-order valence-electron chi connectivity index (χ4n) is 1.79. The lowest BCUT2D eigenvalue weighted by Crippen LogP contribution is -1.78. The van der Waals surface area contributed by atoms with Gasteiger partial charge in [-0.25, -0.2) is 4.98 Å². The molecule has 0 aliphatic heterocycles. The van der Waals surface area contributed by atoms with E-state index in [1.54, 1.807) is 6.07 Å². The average molecular weight is 335 g/mol. The van der Waals surface area contributed by atoms with E-state index in [1.165, 1.54) is 6.39 Å². The van der Waals surface area contributed by atoms with Crippen molar-refractivity contribution in [3.8, 4) is 17.4 Å². The molecule has 0 aliphatic rings. The smallest absolute Gasteiger partial charge is 0.182 e. The summed E-state index contributed by atoms with van der Waals surface area (Å²) < 4.78 is 6.18. The molecule has 0 spiro atoms. The molecule has 0 unspecified atom stereocenters. The molecule has 0 aliphatic carbocycles. The first-order valence-electron chi connectivity index (χ1n) is 4.90. The van der Waals surface area contributed by atoms with E-state index in [0.717, 1.165) is 25.9 Å². The van der Waals surface area contributed by atoms with Crippen molar-refractivity contribution in [1.29, 1.82) is 5.26 Å². The number of nitrogens with one attached hydrogen (secondary N) is 1. The Labute approximate surface area is 110 Å². The number of aromatic nitrogens is 2. The number of rotatable bonds is 1. The molecule has 17 heavy (non-hydrogen) atoms. The van der Waals surface area contributed by atoms with E-state index < -0.39 is 0 Å². The number of nitrogens with zero attached hydrogens (tertiary/aromatic N) is 2. The maximum absolute atomic E-state index is 8.91. The zero-order valence-electron chi connectivity index (χ0n) is 8.57. The number of hydrogen-bond donors (Lipinski definition) is 1. The van der Waals surface area contributed by atoms with E-state index in [1.807, 2.05) is 18.3 Å². The van der Waals surface area contributed by atoms with E-state index in [9.17, 15) is 0 Å². The second kappa shape index (κ2) is 3.89. The zero-order valence-corrected chi connectivity index (χ0v) is 10.7. The lowest BCUT2D eigenvalue weighted by atomic mass is 10.1. The fourth-order valence-corrected chi connectivity index (χ4v) is 2.32. The van der Waals surface area contributed by atoms with Gasteiger partial charge in [-0.3, -0.25) is 0 Å². The first-order chi connectivity index (χ1) is 8.29. The Balaban J connectivity index is 2.31. The monoisotopic (exact) mass is 335 g/mol.